The minimum atomic E-state index is -0.943. The lowest BCUT2D eigenvalue weighted by molar-refractivity contribution is -0.138. The summed E-state index contributed by atoms with van der Waals surface area (Å²) >= 11 is 0. The first-order valence-electron chi connectivity index (χ1n) is 12.2. The molecule has 0 aliphatic heterocycles. The third kappa shape index (κ3) is 5.84. The Morgan fingerprint density at radius 1 is 1.03 bits per heavy atom. The van der Waals surface area contributed by atoms with Gasteiger partial charge >= 0.3 is 12.1 Å². The molecule has 0 heterocycles. The van der Waals surface area contributed by atoms with Crippen LogP contribution in [0, 0.1) is 10.8 Å². The van der Waals surface area contributed by atoms with E-state index in [4.69, 9.17) is 4.74 Å². The second-order valence-electron chi connectivity index (χ2n) is 11.0. The summed E-state index contributed by atoms with van der Waals surface area (Å²) in [7, 11) is 0. The van der Waals surface area contributed by atoms with Crippen LogP contribution in [0.2, 0.25) is 0 Å². The highest BCUT2D eigenvalue weighted by molar-refractivity contribution is 5.87. The van der Waals surface area contributed by atoms with Gasteiger partial charge in [0.15, 0.2) is 0 Å². The molecule has 0 aromatic heterocycles. The SMILES string of the molecule is CC(C)(C)CC(CC(=O)O)NC(=O)C1(CNC(=O)OCC2c3ccccc3-c3ccccc32)CC1. The van der Waals surface area contributed by atoms with Gasteiger partial charge in [0.2, 0.25) is 5.91 Å². The molecule has 0 radical (unpaired) electrons. The monoisotopic (exact) mass is 478 g/mol. The molecule has 1 fully saturated rings. The van der Waals surface area contributed by atoms with Gasteiger partial charge in [-0.3, -0.25) is 9.59 Å². The Kier molecular flexibility index (Phi) is 6.88. The molecule has 7 nitrogen and oxygen atoms in total. The number of ether oxygens (including phenoxy) is 1. The molecule has 0 bridgehead atoms. The van der Waals surface area contributed by atoms with Crippen molar-refractivity contribution in [3.05, 3.63) is 59.7 Å². The van der Waals surface area contributed by atoms with Gasteiger partial charge in [-0.2, -0.15) is 0 Å². The number of carbonyl (C=O) groups excluding carboxylic acids is 2. The Bertz CT molecular complexity index is 1070. The molecule has 2 amide bonds. The van der Waals surface area contributed by atoms with Crippen LogP contribution in [0.1, 0.15) is 63.5 Å². The molecule has 1 saturated carbocycles. The zero-order valence-corrected chi connectivity index (χ0v) is 20.6. The summed E-state index contributed by atoms with van der Waals surface area (Å²) < 4.78 is 5.58. The van der Waals surface area contributed by atoms with Crippen LogP contribution < -0.4 is 10.6 Å². The number of amides is 2. The Morgan fingerprint density at radius 3 is 2.11 bits per heavy atom. The maximum Gasteiger partial charge on any atom is 0.407 e. The van der Waals surface area contributed by atoms with Crippen molar-refractivity contribution >= 4 is 18.0 Å². The van der Waals surface area contributed by atoms with Crippen molar-refractivity contribution < 1.29 is 24.2 Å². The van der Waals surface area contributed by atoms with E-state index in [0.717, 1.165) is 22.3 Å². The molecule has 35 heavy (non-hydrogen) atoms. The molecule has 2 aliphatic carbocycles. The van der Waals surface area contributed by atoms with Gasteiger partial charge in [0.05, 0.1) is 11.8 Å². The Morgan fingerprint density at radius 2 is 1.60 bits per heavy atom. The van der Waals surface area contributed by atoms with Gasteiger partial charge < -0.3 is 20.5 Å². The number of carboxylic acids is 1. The Balaban J connectivity index is 1.32. The molecule has 4 rings (SSSR count). The summed E-state index contributed by atoms with van der Waals surface area (Å²) in [6, 6.07) is 15.8. The van der Waals surface area contributed by atoms with E-state index < -0.39 is 23.5 Å². The number of nitrogens with one attached hydrogen (secondary N) is 2. The first-order chi connectivity index (χ1) is 16.6. The molecule has 0 saturated heterocycles. The van der Waals surface area contributed by atoms with Gasteiger partial charge in [0.1, 0.15) is 6.61 Å². The van der Waals surface area contributed by atoms with Crippen molar-refractivity contribution in [2.45, 2.75) is 58.4 Å². The summed E-state index contributed by atoms with van der Waals surface area (Å²) in [5.74, 6) is -1.17. The van der Waals surface area contributed by atoms with Crippen molar-refractivity contribution in [3.8, 4) is 11.1 Å². The second kappa shape index (κ2) is 9.72. The van der Waals surface area contributed by atoms with Crippen LogP contribution in [-0.2, 0) is 14.3 Å². The van der Waals surface area contributed by atoms with E-state index in [-0.39, 0.29) is 36.8 Å². The quantitative estimate of drug-likeness (QED) is 0.485. The summed E-state index contributed by atoms with van der Waals surface area (Å²) in [5.41, 5.74) is 3.80. The number of alkyl carbamates (subject to hydrolysis) is 1. The maximum absolute atomic E-state index is 13.0. The molecule has 2 aromatic rings. The summed E-state index contributed by atoms with van der Waals surface area (Å²) in [6.07, 6.45) is 1.18. The second-order valence-corrected chi connectivity index (χ2v) is 11.0. The highest BCUT2D eigenvalue weighted by Crippen LogP contribution is 2.46. The average Bonchev–Trinajstić information content (AvgIpc) is 3.52. The molecule has 186 valence electrons. The van der Waals surface area contributed by atoms with Crippen LogP contribution in [0.15, 0.2) is 48.5 Å². The van der Waals surface area contributed by atoms with E-state index >= 15 is 0 Å². The lowest BCUT2D eigenvalue weighted by atomic mass is 9.86. The number of carbonyl (C=O) groups is 3. The van der Waals surface area contributed by atoms with Crippen molar-refractivity contribution in [2.75, 3.05) is 13.2 Å². The predicted octanol–water partition coefficient (Wildman–Crippen LogP) is 4.70. The summed E-state index contributed by atoms with van der Waals surface area (Å²) in [5, 5.41) is 14.9. The van der Waals surface area contributed by atoms with Gasteiger partial charge in [-0.05, 0) is 46.9 Å². The highest BCUT2D eigenvalue weighted by Gasteiger charge is 2.50. The largest absolute Gasteiger partial charge is 0.481 e. The standard InChI is InChI=1S/C28H34N2O5/c1-27(2,3)15-18(14-24(31)32)30-25(33)28(12-13-28)17-29-26(34)35-16-23-21-10-6-4-8-19(21)20-9-5-7-11-22(20)23/h4-11,18,23H,12-17H2,1-3H3,(H,29,34)(H,30,33)(H,31,32). The topological polar surface area (TPSA) is 105 Å². The van der Waals surface area contributed by atoms with Crippen molar-refractivity contribution in [2.24, 2.45) is 10.8 Å². The van der Waals surface area contributed by atoms with Crippen LogP contribution in [0.25, 0.3) is 11.1 Å². The molecular weight excluding hydrogens is 444 g/mol. The molecular formula is C28H34N2O5. The molecule has 1 unspecified atom stereocenters. The van der Waals surface area contributed by atoms with Crippen LogP contribution in [0.4, 0.5) is 4.79 Å². The normalized spacial score (nSPS) is 16.5. The van der Waals surface area contributed by atoms with Crippen LogP contribution in [-0.4, -0.2) is 42.3 Å². The minimum Gasteiger partial charge on any atom is -0.481 e. The number of hydrogen-bond donors (Lipinski definition) is 3. The first-order valence-corrected chi connectivity index (χ1v) is 12.2. The number of rotatable bonds is 9. The van der Waals surface area contributed by atoms with Gasteiger partial charge in [-0.25, -0.2) is 4.79 Å². The maximum atomic E-state index is 13.0. The average molecular weight is 479 g/mol. The van der Waals surface area contributed by atoms with Crippen molar-refractivity contribution in [1.29, 1.82) is 0 Å². The first kappa shape index (κ1) is 24.8. The molecule has 7 heteroatoms. The van der Waals surface area contributed by atoms with Gasteiger partial charge in [-0.1, -0.05) is 69.3 Å². The fourth-order valence-corrected chi connectivity index (χ4v) is 4.99. The summed E-state index contributed by atoms with van der Waals surface area (Å²) in [4.78, 5) is 36.8. The van der Waals surface area contributed by atoms with Crippen LogP contribution in [0.5, 0.6) is 0 Å². The fraction of sp³-hybridized carbons (Fsp3) is 0.464. The zero-order chi connectivity index (χ0) is 25.2. The fourth-order valence-electron chi connectivity index (χ4n) is 4.99. The van der Waals surface area contributed by atoms with Gasteiger partial charge in [0, 0.05) is 18.5 Å². The Hall–Kier alpha value is -3.35. The van der Waals surface area contributed by atoms with Crippen LogP contribution >= 0.6 is 0 Å². The Labute approximate surface area is 206 Å². The number of fused-ring (bicyclic) bond motifs is 3. The molecule has 2 aromatic carbocycles. The van der Waals surface area contributed by atoms with Gasteiger partial charge in [0.25, 0.3) is 0 Å². The zero-order valence-electron chi connectivity index (χ0n) is 20.6. The summed E-state index contributed by atoms with van der Waals surface area (Å²) in [6.45, 7) is 6.43. The minimum absolute atomic E-state index is 0.0273. The van der Waals surface area contributed by atoms with E-state index in [1.165, 1.54) is 0 Å². The number of aliphatic carboxylic acids is 1. The van der Waals surface area contributed by atoms with E-state index in [1.54, 1.807) is 0 Å². The van der Waals surface area contributed by atoms with E-state index in [1.807, 2.05) is 45.0 Å². The third-order valence-electron chi connectivity index (χ3n) is 6.87. The number of hydrogen-bond acceptors (Lipinski definition) is 4. The van der Waals surface area contributed by atoms with Gasteiger partial charge in [-0.15, -0.1) is 0 Å². The molecule has 1 atom stereocenters. The van der Waals surface area contributed by atoms with Crippen molar-refractivity contribution in [3.63, 3.8) is 0 Å². The third-order valence-corrected chi connectivity index (χ3v) is 6.87. The van der Waals surface area contributed by atoms with E-state index in [9.17, 15) is 19.5 Å². The lowest BCUT2D eigenvalue weighted by Gasteiger charge is -2.27. The molecule has 2 aliphatic rings. The predicted molar refractivity (Wildman–Crippen MR) is 133 cm³/mol. The van der Waals surface area contributed by atoms with Crippen molar-refractivity contribution in [1.82, 2.24) is 10.6 Å². The van der Waals surface area contributed by atoms with Crippen LogP contribution in [0.3, 0.4) is 0 Å². The van der Waals surface area contributed by atoms with E-state index in [0.29, 0.717) is 19.3 Å². The number of benzene rings is 2. The molecule has 3 N–H and O–H groups in total. The lowest BCUT2D eigenvalue weighted by Crippen LogP contribution is -2.46. The number of carboxylic acid groups (broad SMARTS) is 1. The molecule has 0 spiro atoms. The van der Waals surface area contributed by atoms with E-state index in [2.05, 4.69) is 34.9 Å². The highest BCUT2D eigenvalue weighted by atomic mass is 16.5. The smallest absolute Gasteiger partial charge is 0.407 e.